The maximum absolute atomic E-state index is 11.6. The average molecular weight is 312 g/mol. The molecule has 1 N–H and O–H groups in total. The van der Waals surface area contributed by atoms with Gasteiger partial charge in [-0.1, -0.05) is 29.4 Å². The molecule has 2 aromatic rings. The quantitative estimate of drug-likeness (QED) is 0.860. The number of hydrogen-bond donors (Lipinski definition) is 1. The van der Waals surface area contributed by atoms with Crippen molar-refractivity contribution < 1.29 is 9.21 Å². The maximum atomic E-state index is 11.6. The number of rotatable bonds is 5. The minimum atomic E-state index is -0.289. The van der Waals surface area contributed by atoms with Crippen LogP contribution in [0.15, 0.2) is 33.9 Å². The zero-order chi connectivity index (χ0) is 14.5. The van der Waals surface area contributed by atoms with Gasteiger partial charge < -0.3 is 9.73 Å². The molecule has 7 heteroatoms. The van der Waals surface area contributed by atoms with Gasteiger partial charge in [0.05, 0.1) is 5.25 Å². The van der Waals surface area contributed by atoms with Gasteiger partial charge in [-0.05, 0) is 32.0 Å². The number of nitrogens with one attached hydrogen (secondary N) is 1. The number of benzene rings is 1. The lowest BCUT2D eigenvalue weighted by Crippen LogP contribution is -2.30. The van der Waals surface area contributed by atoms with E-state index in [1.165, 1.54) is 11.8 Å². The van der Waals surface area contributed by atoms with Gasteiger partial charge in [0.15, 0.2) is 0 Å². The Morgan fingerprint density at radius 2 is 2.30 bits per heavy atom. The third-order valence-electron chi connectivity index (χ3n) is 2.48. The van der Waals surface area contributed by atoms with Gasteiger partial charge >= 0.3 is 0 Å². The Balaban J connectivity index is 2.08. The van der Waals surface area contributed by atoms with E-state index in [-0.39, 0.29) is 11.2 Å². The summed E-state index contributed by atoms with van der Waals surface area (Å²) in [7, 11) is 0. The molecule has 1 aromatic carbocycles. The average Bonchev–Trinajstić information content (AvgIpc) is 2.87. The van der Waals surface area contributed by atoms with E-state index >= 15 is 0 Å². The molecule has 106 valence electrons. The lowest BCUT2D eigenvalue weighted by atomic mass is 10.2. The Bertz CT molecular complexity index is 603. The zero-order valence-electron chi connectivity index (χ0n) is 11.1. The second-order valence-electron chi connectivity index (χ2n) is 4.04. The molecular formula is C13H14ClN3O2S. The molecule has 5 nitrogen and oxygen atoms in total. The number of nitrogens with zero attached hydrogens (tertiary/aromatic N) is 2. The van der Waals surface area contributed by atoms with Gasteiger partial charge in [-0.3, -0.25) is 4.79 Å². The van der Waals surface area contributed by atoms with Crippen LogP contribution in [0.25, 0.3) is 11.5 Å². The Hall–Kier alpha value is -1.53. The summed E-state index contributed by atoms with van der Waals surface area (Å²) in [6.07, 6.45) is 0. The van der Waals surface area contributed by atoms with E-state index in [1.807, 2.05) is 19.1 Å². The molecule has 0 saturated carbocycles. The van der Waals surface area contributed by atoms with Crippen LogP contribution in [0.1, 0.15) is 13.8 Å². The largest absolute Gasteiger partial charge is 0.411 e. The van der Waals surface area contributed by atoms with Crippen molar-refractivity contribution in [3.05, 3.63) is 29.3 Å². The van der Waals surface area contributed by atoms with E-state index in [0.717, 1.165) is 5.56 Å². The highest BCUT2D eigenvalue weighted by Gasteiger charge is 2.18. The summed E-state index contributed by atoms with van der Waals surface area (Å²) < 4.78 is 5.53. The highest BCUT2D eigenvalue weighted by molar-refractivity contribution is 8.00. The third kappa shape index (κ3) is 3.74. The second kappa shape index (κ2) is 6.76. The topological polar surface area (TPSA) is 68.0 Å². The fourth-order valence-electron chi connectivity index (χ4n) is 1.52. The minimum absolute atomic E-state index is 0.0556. The fraction of sp³-hybridized carbons (Fsp3) is 0.308. The molecule has 0 fully saturated rings. The van der Waals surface area contributed by atoms with Gasteiger partial charge in [0.1, 0.15) is 0 Å². The van der Waals surface area contributed by atoms with Crippen molar-refractivity contribution in [2.24, 2.45) is 0 Å². The number of amides is 1. The zero-order valence-corrected chi connectivity index (χ0v) is 12.7. The van der Waals surface area contributed by atoms with Gasteiger partial charge in [0, 0.05) is 17.1 Å². The van der Waals surface area contributed by atoms with Crippen molar-refractivity contribution in [2.45, 2.75) is 24.3 Å². The predicted molar refractivity (Wildman–Crippen MR) is 78.7 cm³/mol. The SMILES string of the molecule is CCNC(=O)[C@H](C)Sc1nnc(-c2cccc(Cl)c2)o1. The van der Waals surface area contributed by atoms with E-state index < -0.39 is 0 Å². The van der Waals surface area contributed by atoms with Crippen LogP contribution >= 0.6 is 23.4 Å². The van der Waals surface area contributed by atoms with Crippen LogP contribution in [0.2, 0.25) is 5.02 Å². The van der Waals surface area contributed by atoms with E-state index in [9.17, 15) is 4.79 Å². The molecule has 0 radical (unpaired) electrons. The molecule has 0 aliphatic rings. The Labute approximate surface area is 126 Å². The van der Waals surface area contributed by atoms with Gasteiger partial charge in [-0.25, -0.2) is 0 Å². The summed E-state index contributed by atoms with van der Waals surface area (Å²) in [5, 5.41) is 11.3. The predicted octanol–water partition coefficient (Wildman–Crippen LogP) is 3.01. The summed E-state index contributed by atoms with van der Waals surface area (Å²) in [6.45, 7) is 4.26. The fourth-order valence-corrected chi connectivity index (χ4v) is 2.42. The number of carbonyl (C=O) groups excluding carboxylic acids is 1. The summed E-state index contributed by atoms with van der Waals surface area (Å²) in [6, 6.07) is 7.16. The van der Waals surface area contributed by atoms with Crippen LogP contribution in [0.3, 0.4) is 0 Å². The molecule has 2 rings (SSSR count). The van der Waals surface area contributed by atoms with Crippen molar-refractivity contribution in [1.29, 1.82) is 0 Å². The van der Waals surface area contributed by atoms with Crippen molar-refractivity contribution in [3.63, 3.8) is 0 Å². The lowest BCUT2D eigenvalue weighted by molar-refractivity contribution is -0.120. The number of aromatic nitrogens is 2. The van der Waals surface area contributed by atoms with Gasteiger partial charge in [-0.2, -0.15) is 0 Å². The Kier molecular flexibility index (Phi) is 5.03. The van der Waals surface area contributed by atoms with E-state index in [2.05, 4.69) is 15.5 Å². The highest BCUT2D eigenvalue weighted by atomic mass is 35.5. The van der Waals surface area contributed by atoms with Gasteiger partial charge in [0.25, 0.3) is 5.22 Å². The third-order valence-corrected chi connectivity index (χ3v) is 3.65. The number of halogens is 1. The molecule has 1 aromatic heterocycles. The number of carbonyl (C=O) groups is 1. The van der Waals surface area contributed by atoms with Gasteiger partial charge in [0.2, 0.25) is 11.8 Å². The number of thioether (sulfide) groups is 1. The molecule has 0 aliphatic heterocycles. The Morgan fingerprint density at radius 1 is 1.50 bits per heavy atom. The van der Waals surface area contributed by atoms with Crippen LogP contribution < -0.4 is 5.32 Å². The lowest BCUT2D eigenvalue weighted by Gasteiger charge is -2.07. The van der Waals surface area contributed by atoms with Crippen molar-refractivity contribution in [3.8, 4) is 11.5 Å². The first kappa shape index (κ1) is 14.9. The molecule has 0 spiro atoms. The molecule has 1 amide bonds. The maximum Gasteiger partial charge on any atom is 0.277 e. The van der Waals surface area contributed by atoms with E-state index in [4.69, 9.17) is 16.0 Å². The number of hydrogen-bond acceptors (Lipinski definition) is 5. The van der Waals surface area contributed by atoms with Crippen LogP contribution in [0, 0.1) is 0 Å². The molecule has 0 unspecified atom stereocenters. The van der Waals surface area contributed by atoms with E-state index in [0.29, 0.717) is 22.7 Å². The first-order valence-corrected chi connectivity index (χ1v) is 7.39. The summed E-state index contributed by atoms with van der Waals surface area (Å²) >= 11 is 7.14. The molecule has 1 atom stereocenters. The van der Waals surface area contributed by atoms with Crippen molar-refractivity contribution >= 4 is 29.3 Å². The monoisotopic (exact) mass is 311 g/mol. The summed E-state index contributed by atoms with van der Waals surface area (Å²) in [4.78, 5) is 11.6. The molecule has 20 heavy (non-hydrogen) atoms. The highest BCUT2D eigenvalue weighted by Crippen LogP contribution is 2.27. The first-order chi connectivity index (χ1) is 9.60. The summed E-state index contributed by atoms with van der Waals surface area (Å²) in [5.41, 5.74) is 0.752. The molecule has 0 aliphatic carbocycles. The van der Waals surface area contributed by atoms with Gasteiger partial charge in [-0.15, -0.1) is 10.2 Å². The minimum Gasteiger partial charge on any atom is -0.411 e. The second-order valence-corrected chi connectivity index (χ2v) is 5.77. The molecule has 0 saturated heterocycles. The van der Waals surface area contributed by atoms with E-state index in [1.54, 1.807) is 19.1 Å². The smallest absolute Gasteiger partial charge is 0.277 e. The first-order valence-electron chi connectivity index (χ1n) is 6.14. The van der Waals surface area contributed by atoms with Crippen molar-refractivity contribution in [1.82, 2.24) is 15.5 Å². The molecule has 1 heterocycles. The Morgan fingerprint density at radius 3 is 3.00 bits per heavy atom. The van der Waals surface area contributed by atoms with Crippen LogP contribution in [0.4, 0.5) is 0 Å². The molecule has 0 bridgehead atoms. The molecular weight excluding hydrogens is 298 g/mol. The standard InChI is InChI=1S/C13H14ClN3O2S/c1-3-15-11(18)8(2)20-13-17-16-12(19-13)9-5-4-6-10(14)7-9/h4-8H,3H2,1-2H3,(H,15,18)/t8-/m0/s1. The normalized spacial score (nSPS) is 12.2. The van der Waals surface area contributed by atoms with Crippen LogP contribution in [-0.2, 0) is 4.79 Å². The summed E-state index contributed by atoms with van der Waals surface area (Å²) in [5.74, 6) is 0.332. The van der Waals surface area contributed by atoms with Crippen LogP contribution in [0.5, 0.6) is 0 Å². The van der Waals surface area contributed by atoms with Crippen LogP contribution in [-0.4, -0.2) is 27.9 Å². The van der Waals surface area contributed by atoms with Crippen molar-refractivity contribution in [2.75, 3.05) is 6.54 Å².